The van der Waals surface area contributed by atoms with Gasteiger partial charge in [0.1, 0.15) is 6.54 Å². The van der Waals surface area contributed by atoms with E-state index >= 15 is 0 Å². The van der Waals surface area contributed by atoms with E-state index in [-0.39, 0.29) is 30.0 Å². The molecule has 1 fully saturated rings. The van der Waals surface area contributed by atoms with E-state index in [2.05, 4.69) is 5.32 Å². The lowest BCUT2D eigenvalue weighted by molar-refractivity contribution is -0.125. The van der Waals surface area contributed by atoms with Gasteiger partial charge in [-0.25, -0.2) is 0 Å². The van der Waals surface area contributed by atoms with Gasteiger partial charge in [0.05, 0.1) is 11.4 Å². The van der Waals surface area contributed by atoms with Crippen molar-refractivity contribution >= 4 is 40.9 Å². The number of amides is 3. The summed E-state index contributed by atoms with van der Waals surface area (Å²) in [5.74, 6) is -0.453. The fourth-order valence-electron chi connectivity index (χ4n) is 4.29. The molecular weight excluding hydrogens is 422 g/mol. The number of nitrogens with zero attached hydrogens (tertiary/aromatic N) is 2. The number of nitrogens with one attached hydrogen (secondary N) is 1. The number of hydrogen-bond acceptors (Lipinski definition) is 4. The molecule has 3 aromatic rings. The highest BCUT2D eigenvalue weighted by Crippen LogP contribution is 2.55. The van der Waals surface area contributed by atoms with E-state index in [1.807, 2.05) is 84.9 Å². The van der Waals surface area contributed by atoms with Crippen molar-refractivity contribution in [2.24, 2.45) is 0 Å². The first-order chi connectivity index (χ1) is 15.6. The zero-order valence-electron chi connectivity index (χ0n) is 17.2. The molecule has 0 aromatic heterocycles. The fraction of sp³-hybridized carbons (Fsp3) is 0.160. The highest BCUT2D eigenvalue weighted by atomic mass is 32.2. The van der Waals surface area contributed by atoms with Crippen molar-refractivity contribution in [1.82, 2.24) is 5.32 Å². The molecule has 0 saturated carbocycles. The molecular formula is C25H21N3O3S. The summed E-state index contributed by atoms with van der Waals surface area (Å²) >= 11 is 1.31. The van der Waals surface area contributed by atoms with E-state index in [0.29, 0.717) is 17.9 Å². The van der Waals surface area contributed by atoms with E-state index in [1.165, 1.54) is 16.7 Å². The van der Waals surface area contributed by atoms with Gasteiger partial charge in [0, 0.05) is 17.8 Å². The molecule has 5 rings (SSSR count). The van der Waals surface area contributed by atoms with Gasteiger partial charge in [-0.05, 0) is 23.8 Å². The molecule has 0 radical (unpaired) electrons. The zero-order chi connectivity index (χ0) is 22.1. The monoisotopic (exact) mass is 443 g/mol. The number of thioether (sulfide) groups is 1. The van der Waals surface area contributed by atoms with E-state index in [4.69, 9.17) is 0 Å². The average molecular weight is 444 g/mol. The van der Waals surface area contributed by atoms with Crippen LogP contribution in [0.4, 0.5) is 11.4 Å². The van der Waals surface area contributed by atoms with E-state index in [9.17, 15) is 14.4 Å². The highest BCUT2D eigenvalue weighted by molar-refractivity contribution is 8.02. The average Bonchev–Trinajstić information content (AvgIpc) is 3.30. The summed E-state index contributed by atoms with van der Waals surface area (Å²) in [5, 5.41) is 2.89. The van der Waals surface area contributed by atoms with Gasteiger partial charge in [-0.2, -0.15) is 0 Å². The van der Waals surface area contributed by atoms with Crippen LogP contribution in [0.1, 0.15) is 11.1 Å². The Morgan fingerprint density at radius 3 is 2.31 bits per heavy atom. The second kappa shape index (κ2) is 8.16. The third kappa shape index (κ3) is 3.26. The Labute approximate surface area is 190 Å². The molecule has 3 aromatic carbocycles. The van der Waals surface area contributed by atoms with Gasteiger partial charge in [-0.15, -0.1) is 11.8 Å². The van der Waals surface area contributed by atoms with Crippen molar-refractivity contribution in [1.29, 1.82) is 0 Å². The van der Waals surface area contributed by atoms with Gasteiger partial charge in [0.15, 0.2) is 0 Å². The summed E-state index contributed by atoms with van der Waals surface area (Å²) in [6.45, 7) is 0.277. The predicted octanol–water partition coefficient (Wildman–Crippen LogP) is 3.28. The second-order valence-corrected chi connectivity index (χ2v) is 8.84. The summed E-state index contributed by atoms with van der Waals surface area (Å²) in [5.41, 5.74) is 3.05. The summed E-state index contributed by atoms with van der Waals surface area (Å²) in [6.07, 6.45) is 0. The van der Waals surface area contributed by atoms with Gasteiger partial charge < -0.3 is 5.32 Å². The Balaban J connectivity index is 1.46. The Morgan fingerprint density at radius 2 is 1.56 bits per heavy atom. The van der Waals surface area contributed by atoms with E-state index in [0.717, 1.165) is 11.1 Å². The molecule has 1 saturated heterocycles. The molecule has 2 heterocycles. The van der Waals surface area contributed by atoms with Crippen molar-refractivity contribution in [2.75, 3.05) is 22.1 Å². The maximum atomic E-state index is 13.9. The van der Waals surface area contributed by atoms with Crippen LogP contribution in [-0.4, -0.2) is 30.0 Å². The largest absolute Gasteiger partial charge is 0.350 e. The summed E-state index contributed by atoms with van der Waals surface area (Å²) in [4.78, 5) is 41.4. The Morgan fingerprint density at radius 1 is 0.906 bits per heavy atom. The number of fused-ring (bicyclic) bond motifs is 2. The first kappa shape index (κ1) is 20.3. The molecule has 160 valence electrons. The summed E-state index contributed by atoms with van der Waals surface area (Å²) < 4.78 is 0. The molecule has 1 N–H and O–H groups in total. The molecule has 7 heteroatoms. The lowest BCUT2D eigenvalue weighted by Gasteiger charge is -2.33. The first-order valence-electron chi connectivity index (χ1n) is 10.4. The van der Waals surface area contributed by atoms with Crippen molar-refractivity contribution in [3.63, 3.8) is 0 Å². The lowest BCUT2D eigenvalue weighted by atomic mass is 10.0. The third-order valence-corrected chi connectivity index (χ3v) is 7.10. The van der Waals surface area contributed by atoms with Gasteiger partial charge in [0.2, 0.25) is 16.7 Å². The number of rotatable bonds is 5. The van der Waals surface area contributed by atoms with Gasteiger partial charge in [0.25, 0.3) is 5.91 Å². The molecule has 1 atom stereocenters. The minimum Gasteiger partial charge on any atom is -0.350 e. The smallest absolute Gasteiger partial charge is 0.269 e. The molecule has 32 heavy (non-hydrogen) atoms. The molecule has 0 unspecified atom stereocenters. The SMILES string of the molecule is O=C(CN1C(=O)[C@]2(SCC(=O)N2c2ccccc2)c2ccccc21)NCc1ccccc1. The predicted molar refractivity (Wildman–Crippen MR) is 125 cm³/mol. The van der Waals surface area contributed by atoms with Crippen molar-refractivity contribution in [3.05, 3.63) is 96.1 Å². The van der Waals surface area contributed by atoms with Crippen LogP contribution in [0, 0.1) is 0 Å². The van der Waals surface area contributed by atoms with Crippen LogP contribution in [0.3, 0.4) is 0 Å². The van der Waals surface area contributed by atoms with Crippen LogP contribution >= 0.6 is 11.8 Å². The van der Waals surface area contributed by atoms with Crippen LogP contribution < -0.4 is 15.1 Å². The third-order valence-electron chi connectivity index (χ3n) is 5.71. The Kier molecular flexibility index (Phi) is 5.19. The number of carbonyl (C=O) groups is 3. The Hall–Kier alpha value is -3.58. The van der Waals surface area contributed by atoms with Crippen LogP contribution in [0.2, 0.25) is 0 Å². The second-order valence-electron chi connectivity index (χ2n) is 7.67. The number of anilines is 2. The number of para-hydroxylation sites is 2. The van der Waals surface area contributed by atoms with Gasteiger partial charge >= 0.3 is 0 Å². The first-order valence-corrected chi connectivity index (χ1v) is 11.3. The topological polar surface area (TPSA) is 69.7 Å². The summed E-state index contributed by atoms with van der Waals surface area (Å²) in [7, 11) is 0. The molecule has 2 aliphatic rings. The maximum Gasteiger partial charge on any atom is 0.269 e. The van der Waals surface area contributed by atoms with E-state index < -0.39 is 4.87 Å². The molecule has 6 nitrogen and oxygen atoms in total. The normalized spacial score (nSPS) is 19.5. The zero-order valence-corrected chi connectivity index (χ0v) is 18.0. The van der Waals surface area contributed by atoms with Crippen LogP contribution in [0.15, 0.2) is 84.9 Å². The minimum atomic E-state index is -1.20. The van der Waals surface area contributed by atoms with Gasteiger partial charge in [-0.1, -0.05) is 66.7 Å². The van der Waals surface area contributed by atoms with E-state index in [1.54, 1.807) is 4.90 Å². The number of hydrogen-bond donors (Lipinski definition) is 1. The molecule has 1 spiro atoms. The minimum absolute atomic E-state index is 0.109. The molecule has 3 amide bonds. The maximum absolute atomic E-state index is 13.9. The quantitative estimate of drug-likeness (QED) is 0.657. The standard InChI is InChI=1S/C25H21N3O3S/c29-22(26-15-18-9-3-1-4-10-18)16-27-21-14-8-7-13-20(21)25(24(27)31)28(23(30)17-32-25)19-11-5-2-6-12-19/h1-14H,15-17H2,(H,26,29)/t25-/m1/s1. The van der Waals surface area contributed by atoms with Gasteiger partial charge in [-0.3, -0.25) is 24.2 Å². The van der Waals surface area contributed by atoms with Crippen molar-refractivity contribution in [2.45, 2.75) is 11.4 Å². The highest BCUT2D eigenvalue weighted by Gasteiger charge is 2.61. The van der Waals surface area contributed by atoms with Crippen LogP contribution in [0.5, 0.6) is 0 Å². The van der Waals surface area contributed by atoms with Crippen molar-refractivity contribution in [3.8, 4) is 0 Å². The summed E-state index contributed by atoms with van der Waals surface area (Å²) in [6, 6.07) is 26.3. The Bertz CT molecular complexity index is 1190. The molecule has 0 aliphatic carbocycles. The molecule has 2 aliphatic heterocycles. The number of benzene rings is 3. The van der Waals surface area contributed by atoms with Crippen molar-refractivity contribution < 1.29 is 14.4 Å². The van der Waals surface area contributed by atoms with Crippen LogP contribution in [-0.2, 0) is 25.8 Å². The van der Waals surface area contributed by atoms with Crippen LogP contribution in [0.25, 0.3) is 0 Å². The molecule has 0 bridgehead atoms. The lowest BCUT2D eigenvalue weighted by Crippen LogP contribution is -2.51. The number of carbonyl (C=O) groups excluding carboxylic acids is 3. The fourth-order valence-corrected chi connectivity index (χ4v) is 5.64.